The van der Waals surface area contributed by atoms with Crippen molar-refractivity contribution in [2.45, 2.75) is 32.0 Å². The Bertz CT molecular complexity index is 699. The van der Waals surface area contributed by atoms with E-state index in [0.29, 0.717) is 19.4 Å². The van der Waals surface area contributed by atoms with E-state index < -0.39 is 0 Å². The van der Waals surface area contributed by atoms with Crippen LogP contribution in [0.2, 0.25) is 0 Å². The molecule has 1 N–H and O–H groups in total. The summed E-state index contributed by atoms with van der Waals surface area (Å²) in [5, 5.41) is 6.34. The lowest BCUT2D eigenvalue weighted by Crippen LogP contribution is -2.40. The highest BCUT2D eigenvalue weighted by atomic mass is 32.1. The van der Waals surface area contributed by atoms with Crippen LogP contribution in [0.5, 0.6) is 11.5 Å². The van der Waals surface area contributed by atoms with Gasteiger partial charge < -0.3 is 19.7 Å². The fourth-order valence-electron chi connectivity index (χ4n) is 2.65. The maximum absolute atomic E-state index is 5.63. The highest BCUT2D eigenvalue weighted by molar-refractivity contribution is 7.80. The van der Waals surface area contributed by atoms with Gasteiger partial charge in [-0.2, -0.15) is 0 Å². The van der Waals surface area contributed by atoms with E-state index in [0.717, 1.165) is 28.7 Å². The summed E-state index contributed by atoms with van der Waals surface area (Å²) in [6.07, 6.45) is 2.47. The minimum Gasteiger partial charge on any atom is -0.454 e. The largest absolute Gasteiger partial charge is 0.454 e. The first-order valence-corrected chi connectivity index (χ1v) is 9.04. The molecule has 1 aliphatic heterocycles. The third-order valence-corrected chi connectivity index (χ3v) is 5.28. The van der Waals surface area contributed by atoms with Crippen molar-refractivity contribution >= 4 is 28.7 Å². The number of nitrogens with one attached hydrogen (secondary N) is 1. The number of thiophene rings is 1. The smallest absolute Gasteiger partial charge is 0.231 e. The molecule has 0 bridgehead atoms. The maximum Gasteiger partial charge on any atom is 0.231 e. The zero-order valence-corrected chi connectivity index (χ0v) is 14.3. The molecule has 0 unspecified atom stereocenters. The lowest BCUT2D eigenvalue weighted by atomic mass is 10.2. The van der Waals surface area contributed by atoms with Gasteiger partial charge >= 0.3 is 0 Å². The van der Waals surface area contributed by atoms with Crippen LogP contribution < -0.4 is 14.8 Å². The van der Waals surface area contributed by atoms with E-state index in [-0.39, 0.29) is 0 Å². The van der Waals surface area contributed by atoms with E-state index in [1.165, 1.54) is 17.7 Å². The molecule has 2 aliphatic rings. The van der Waals surface area contributed by atoms with E-state index in [2.05, 4.69) is 27.7 Å². The maximum atomic E-state index is 5.63. The van der Waals surface area contributed by atoms with Crippen molar-refractivity contribution in [1.82, 2.24) is 10.2 Å². The lowest BCUT2D eigenvalue weighted by molar-refractivity contribution is 0.174. The number of ether oxygens (including phenoxy) is 2. The molecular weight excluding hydrogens is 328 g/mol. The van der Waals surface area contributed by atoms with Crippen molar-refractivity contribution in [3.63, 3.8) is 0 Å². The van der Waals surface area contributed by atoms with Crippen molar-refractivity contribution < 1.29 is 9.47 Å². The Balaban J connectivity index is 1.38. The van der Waals surface area contributed by atoms with Crippen LogP contribution in [0.4, 0.5) is 0 Å². The third-order valence-electron chi connectivity index (χ3n) is 4.04. The summed E-state index contributed by atoms with van der Waals surface area (Å²) in [7, 11) is 0. The molecule has 0 spiro atoms. The van der Waals surface area contributed by atoms with Gasteiger partial charge in [0.2, 0.25) is 6.79 Å². The Kier molecular flexibility index (Phi) is 4.10. The van der Waals surface area contributed by atoms with Crippen LogP contribution in [0.15, 0.2) is 35.7 Å². The molecule has 1 aliphatic carbocycles. The summed E-state index contributed by atoms with van der Waals surface area (Å²) in [6, 6.07) is 10.9. The first-order chi connectivity index (χ1) is 11.3. The van der Waals surface area contributed by atoms with Gasteiger partial charge in [0.1, 0.15) is 0 Å². The Morgan fingerprint density at radius 2 is 2.13 bits per heavy atom. The zero-order chi connectivity index (χ0) is 15.6. The van der Waals surface area contributed by atoms with Gasteiger partial charge in [-0.15, -0.1) is 11.3 Å². The highest BCUT2D eigenvalue weighted by Crippen LogP contribution is 2.32. The molecule has 2 heterocycles. The second kappa shape index (κ2) is 6.37. The molecule has 0 amide bonds. The topological polar surface area (TPSA) is 33.7 Å². The van der Waals surface area contributed by atoms with Gasteiger partial charge in [-0.3, -0.25) is 0 Å². The van der Waals surface area contributed by atoms with Crippen molar-refractivity contribution in [3.8, 4) is 11.5 Å². The van der Waals surface area contributed by atoms with Crippen molar-refractivity contribution in [3.05, 3.63) is 46.2 Å². The molecule has 0 radical (unpaired) electrons. The van der Waals surface area contributed by atoms with E-state index in [9.17, 15) is 0 Å². The Morgan fingerprint density at radius 3 is 2.91 bits per heavy atom. The average molecular weight is 346 g/mol. The SMILES string of the molecule is S=C(NCc1ccc2c(c1)OCO2)N(Cc1cccs1)C1CC1. The number of hydrogen-bond donors (Lipinski definition) is 1. The van der Waals surface area contributed by atoms with Gasteiger partial charge in [0.25, 0.3) is 0 Å². The van der Waals surface area contributed by atoms with Crippen LogP contribution in [0.25, 0.3) is 0 Å². The van der Waals surface area contributed by atoms with E-state index >= 15 is 0 Å². The van der Waals surface area contributed by atoms with Crippen LogP contribution in [0.1, 0.15) is 23.3 Å². The van der Waals surface area contributed by atoms with Gasteiger partial charge in [-0.05, 0) is 54.2 Å². The van der Waals surface area contributed by atoms with Crippen LogP contribution in [-0.2, 0) is 13.1 Å². The molecule has 1 fully saturated rings. The molecule has 1 aromatic carbocycles. The van der Waals surface area contributed by atoms with Gasteiger partial charge in [-0.1, -0.05) is 12.1 Å². The standard InChI is InChI=1S/C17H18N2O2S2/c22-17(19(13-4-5-13)10-14-2-1-7-23-14)18-9-12-3-6-15-16(8-12)21-11-20-15/h1-3,6-8,13H,4-5,9-11H2,(H,18,22). The van der Waals surface area contributed by atoms with Gasteiger partial charge in [0.05, 0.1) is 6.54 Å². The van der Waals surface area contributed by atoms with E-state index in [1.807, 2.05) is 18.2 Å². The van der Waals surface area contributed by atoms with Crippen molar-refractivity contribution in [2.24, 2.45) is 0 Å². The molecule has 1 aromatic heterocycles. The second-order valence-corrected chi connectivity index (χ2v) is 7.20. The van der Waals surface area contributed by atoms with Crippen LogP contribution >= 0.6 is 23.6 Å². The monoisotopic (exact) mass is 346 g/mol. The number of benzene rings is 1. The normalized spacial score (nSPS) is 15.5. The Labute approximate surface area is 145 Å². The molecule has 0 atom stereocenters. The average Bonchev–Trinajstić information content (AvgIpc) is 3.08. The number of thiocarbonyl (C=S) groups is 1. The number of hydrogen-bond acceptors (Lipinski definition) is 4. The van der Waals surface area contributed by atoms with Crippen LogP contribution in [-0.4, -0.2) is 22.8 Å². The van der Waals surface area contributed by atoms with E-state index in [1.54, 1.807) is 11.3 Å². The molecule has 4 rings (SSSR count). The minimum atomic E-state index is 0.306. The number of rotatable bonds is 5. The van der Waals surface area contributed by atoms with Crippen molar-refractivity contribution in [2.75, 3.05) is 6.79 Å². The first kappa shape index (κ1) is 14.8. The highest BCUT2D eigenvalue weighted by Gasteiger charge is 2.30. The van der Waals surface area contributed by atoms with Crippen LogP contribution in [0.3, 0.4) is 0 Å². The van der Waals surface area contributed by atoms with Gasteiger partial charge in [0, 0.05) is 17.5 Å². The summed E-state index contributed by atoms with van der Waals surface area (Å²) < 4.78 is 10.8. The summed E-state index contributed by atoms with van der Waals surface area (Å²) in [5.74, 6) is 1.63. The Hall–Kier alpha value is -1.79. The van der Waals surface area contributed by atoms with E-state index in [4.69, 9.17) is 21.7 Å². The predicted octanol–water partition coefficient (Wildman–Crippen LogP) is 3.52. The third kappa shape index (κ3) is 3.43. The molecule has 0 saturated heterocycles. The first-order valence-electron chi connectivity index (χ1n) is 7.75. The van der Waals surface area contributed by atoms with Gasteiger partial charge in [0.15, 0.2) is 16.6 Å². The lowest BCUT2D eigenvalue weighted by Gasteiger charge is -2.25. The molecule has 2 aromatic rings. The summed E-state index contributed by atoms with van der Waals surface area (Å²) in [6.45, 7) is 1.90. The minimum absolute atomic E-state index is 0.306. The quantitative estimate of drug-likeness (QED) is 0.838. The predicted molar refractivity (Wildman–Crippen MR) is 94.9 cm³/mol. The fraction of sp³-hybridized carbons (Fsp3) is 0.353. The molecule has 4 nitrogen and oxygen atoms in total. The molecule has 120 valence electrons. The molecule has 1 saturated carbocycles. The molecular formula is C17H18N2O2S2. The number of nitrogens with zero attached hydrogens (tertiary/aromatic N) is 1. The number of fused-ring (bicyclic) bond motifs is 1. The summed E-state index contributed by atoms with van der Waals surface area (Å²) in [5.41, 5.74) is 1.14. The van der Waals surface area contributed by atoms with Crippen LogP contribution in [0, 0.1) is 0 Å². The summed E-state index contributed by atoms with van der Waals surface area (Å²) in [4.78, 5) is 3.66. The zero-order valence-electron chi connectivity index (χ0n) is 12.7. The fourth-order valence-corrected chi connectivity index (χ4v) is 3.64. The second-order valence-electron chi connectivity index (χ2n) is 5.78. The molecule has 23 heavy (non-hydrogen) atoms. The van der Waals surface area contributed by atoms with Gasteiger partial charge in [-0.25, -0.2) is 0 Å². The van der Waals surface area contributed by atoms with Crippen molar-refractivity contribution in [1.29, 1.82) is 0 Å². The molecule has 6 heteroatoms. The Morgan fingerprint density at radius 1 is 1.26 bits per heavy atom. The summed E-state index contributed by atoms with van der Waals surface area (Å²) >= 11 is 7.41.